The van der Waals surface area contributed by atoms with E-state index in [0.717, 1.165) is 5.56 Å². The maximum absolute atomic E-state index is 13.0. The van der Waals surface area contributed by atoms with Crippen LogP contribution in [-0.2, 0) is 14.6 Å². The summed E-state index contributed by atoms with van der Waals surface area (Å²) in [4.78, 5) is 14.6. The highest BCUT2D eigenvalue weighted by atomic mass is 32.2. The van der Waals surface area contributed by atoms with Gasteiger partial charge in [-0.3, -0.25) is 4.79 Å². The fourth-order valence-corrected chi connectivity index (χ4v) is 5.11. The van der Waals surface area contributed by atoms with Crippen molar-refractivity contribution >= 4 is 21.4 Å². The molecule has 0 aliphatic carbocycles. The van der Waals surface area contributed by atoms with E-state index in [2.05, 4.69) is 13.8 Å². The molecule has 3 rings (SSSR count). The number of nitrogens with zero attached hydrogens (tertiary/aromatic N) is 1. The molecule has 150 valence electrons. The number of carbonyl (C=O) groups is 1. The lowest BCUT2D eigenvalue weighted by Crippen LogP contribution is -2.43. The number of hydrogen-bond acceptors (Lipinski definition) is 4. The lowest BCUT2D eigenvalue weighted by atomic mass is 10.0. The van der Waals surface area contributed by atoms with E-state index in [4.69, 9.17) is 4.74 Å². The van der Waals surface area contributed by atoms with Crippen LogP contribution in [0.5, 0.6) is 5.75 Å². The standard InChI is InChI=1S/C22H27NO4S/c1-16(2)18-6-10-21(11-7-18)27-14-22(24)23(19-8-4-17(3)5-9-19)20-12-13-28(25,26)15-20/h4-11,16,20H,12-15H2,1-3H3/t20-/m1/s1. The van der Waals surface area contributed by atoms with Gasteiger partial charge in [0.25, 0.3) is 5.91 Å². The van der Waals surface area contributed by atoms with Crippen molar-refractivity contribution in [1.82, 2.24) is 0 Å². The van der Waals surface area contributed by atoms with Crippen molar-refractivity contribution < 1.29 is 17.9 Å². The highest BCUT2D eigenvalue weighted by Crippen LogP contribution is 2.26. The van der Waals surface area contributed by atoms with E-state index in [1.54, 1.807) is 4.90 Å². The summed E-state index contributed by atoms with van der Waals surface area (Å²) < 4.78 is 29.6. The zero-order valence-corrected chi connectivity index (χ0v) is 17.4. The van der Waals surface area contributed by atoms with Gasteiger partial charge < -0.3 is 9.64 Å². The minimum absolute atomic E-state index is 0.00426. The molecule has 0 bridgehead atoms. The van der Waals surface area contributed by atoms with E-state index in [0.29, 0.717) is 23.8 Å². The van der Waals surface area contributed by atoms with Crippen molar-refractivity contribution in [1.29, 1.82) is 0 Å². The number of hydrogen-bond donors (Lipinski definition) is 0. The quantitative estimate of drug-likeness (QED) is 0.740. The number of ether oxygens (including phenoxy) is 1. The summed E-state index contributed by atoms with van der Waals surface area (Å²) in [5, 5.41) is 0. The van der Waals surface area contributed by atoms with Gasteiger partial charge in [0, 0.05) is 5.69 Å². The van der Waals surface area contributed by atoms with Gasteiger partial charge in [-0.05, 0) is 49.1 Å². The fraction of sp³-hybridized carbons (Fsp3) is 0.409. The van der Waals surface area contributed by atoms with Crippen LogP contribution in [0.2, 0.25) is 0 Å². The summed E-state index contributed by atoms with van der Waals surface area (Å²) in [5.74, 6) is 0.928. The molecule has 5 nitrogen and oxygen atoms in total. The van der Waals surface area contributed by atoms with Crippen LogP contribution >= 0.6 is 0 Å². The maximum Gasteiger partial charge on any atom is 0.265 e. The molecule has 0 saturated carbocycles. The van der Waals surface area contributed by atoms with Crippen LogP contribution in [-0.4, -0.2) is 38.5 Å². The van der Waals surface area contributed by atoms with Gasteiger partial charge in [0.15, 0.2) is 16.4 Å². The summed E-state index contributed by atoms with van der Waals surface area (Å²) in [6.07, 6.45) is 0.449. The molecule has 1 amide bonds. The molecule has 28 heavy (non-hydrogen) atoms. The number of rotatable bonds is 6. The van der Waals surface area contributed by atoms with Crippen molar-refractivity contribution in [3.63, 3.8) is 0 Å². The summed E-state index contributed by atoms with van der Waals surface area (Å²) in [7, 11) is -3.10. The zero-order valence-electron chi connectivity index (χ0n) is 16.6. The second-order valence-electron chi connectivity index (χ2n) is 7.67. The van der Waals surface area contributed by atoms with E-state index in [1.807, 2.05) is 55.5 Å². The molecule has 0 spiro atoms. The van der Waals surface area contributed by atoms with Crippen molar-refractivity contribution in [2.24, 2.45) is 0 Å². The topological polar surface area (TPSA) is 63.7 Å². The van der Waals surface area contributed by atoms with Crippen molar-refractivity contribution in [3.05, 3.63) is 59.7 Å². The number of carbonyl (C=O) groups excluding carboxylic acids is 1. The smallest absolute Gasteiger partial charge is 0.265 e. The predicted molar refractivity (Wildman–Crippen MR) is 112 cm³/mol. The molecule has 2 aromatic rings. The normalized spacial score (nSPS) is 18.2. The molecule has 1 fully saturated rings. The van der Waals surface area contributed by atoms with Gasteiger partial charge in [-0.1, -0.05) is 43.7 Å². The van der Waals surface area contributed by atoms with E-state index in [-0.39, 0.29) is 30.1 Å². The average molecular weight is 402 g/mol. The Balaban J connectivity index is 1.75. The van der Waals surface area contributed by atoms with E-state index < -0.39 is 9.84 Å². The van der Waals surface area contributed by atoms with Crippen LogP contribution in [0.3, 0.4) is 0 Å². The second kappa shape index (κ2) is 8.35. The predicted octanol–water partition coefficient (Wildman–Crippen LogP) is 3.72. The third-order valence-corrected chi connectivity index (χ3v) is 6.81. The summed E-state index contributed by atoms with van der Waals surface area (Å²) >= 11 is 0. The van der Waals surface area contributed by atoms with Crippen LogP contribution in [0.25, 0.3) is 0 Å². The molecule has 1 aliphatic rings. The number of amides is 1. The third kappa shape index (κ3) is 4.93. The molecule has 0 N–H and O–H groups in total. The van der Waals surface area contributed by atoms with Crippen molar-refractivity contribution in [3.8, 4) is 5.75 Å². The molecule has 1 aliphatic heterocycles. The van der Waals surface area contributed by atoms with Crippen LogP contribution < -0.4 is 9.64 Å². The highest BCUT2D eigenvalue weighted by molar-refractivity contribution is 7.91. The molecule has 6 heteroatoms. The van der Waals surface area contributed by atoms with E-state index in [9.17, 15) is 13.2 Å². The Hall–Kier alpha value is -2.34. The summed E-state index contributed by atoms with van der Waals surface area (Å²) in [6.45, 7) is 6.08. The van der Waals surface area contributed by atoms with Gasteiger partial charge in [0.2, 0.25) is 0 Å². The van der Waals surface area contributed by atoms with Gasteiger partial charge in [-0.15, -0.1) is 0 Å². The first-order valence-electron chi connectivity index (χ1n) is 9.57. The van der Waals surface area contributed by atoms with E-state index in [1.165, 1.54) is 5.56 Å². The molecular formula is C22H27NO4S. The molecule has 1 saturated heterocycles. The van der Waals surface area contributed by atoms with Crippen LogP contribution in [0.4, 0.5) is 5.69 Å². The number of sulfone groups is 1. The van der Waals surface area contributed by atoms with Crippen LogP contribution in [0, 0.1) is 6.92 Å². The first kappa shape index (κ1) is 20.4. The Morgan fingerprint density at radius 3 is 2.29 bits per heavy atom. The van der Waals surface area contributed by atoms with Gasteiger partial charge in [-0.25, -0.2) is 8.42 Å². The highest BCUT2D eigenvalue weighted by Gasteiger charge is 2.35. The maximum atomic E-state index is 13.0. The van der Waals surface area contributed by atoms with Crippen LogP contribution in [0.1, 0.15) is 37.3 Å². The monoisotopic (exact) mass is 401 g/mol. The minimum atomic E-state index is -3.10. The van der Waals surface area contributed by atoms with Crippen LogP contribution in [0.15, 0.2) is 48.5 Å². The van der Waals surface area contributed by atoms with E-state index >= 15 is 0 Å². The Kier molecular flexibility index (Phi) is 6.08. The number of aryl methyl sites for hydroxylation is 1. The SMILES string of the molecule is Cc1ccc(N(C(=O)COc2ccc(C(C)C)cc2)[C@@H]2CCS(=O)(=O)C2)cc1. The lowest BCUT2D eigenvalue weighted by Gasteiger charge is -2.28. The number of benzene rings is 2. The molecule has 1 atom stereocenters. The van der Waals surface area contributed by atoms with Gasteiger partial charge in [0.05, 0.1) is 17.5 Å². The van der Waals surface area contributed by atoms with Gasteiger partial charge >= 0.3 is 0 Å². The number of anilines is 1. The fourth-order valence-electron chi connectivity index (χ4n) is 3.41. The Morgan fingerprint density at radius 1 is 1.11 bits per heavy atom. The molecule has 2 aromatic carbocycles. The second-order valence-corrected chi connectivity index (χ2v) is 9.90. The third-order valence-electron chi connectivity index (χ3n) is 5.06. The summed E-state index contributed by atoms with van der Waals surface area (Å²) in [5.41, 5.74) is 2.99. The van der Waals surface area contributed by atoms with Gasteiger partial charge in [0.1, 0.15) is 5.75 Å². The molecule has 0 aromatic heterocycles. The molecule has 0 radical (unpaired) electrons. The van der Waals surface area contributed by atoms with Crippen molar-refractivity contribution in [2.75, 3.05) is 23.0 Å². The van der Waals surface area contributed by atoms with Gasteiger partial charge in [-0.2, -0.15) is 0 Å². The molecule has 1 heterocycles. The minimum Gasteiger partial charge on any atom is -0.484 e. The lowest BCUT2D eigenvalue weighted by molar-refractivity contribution is -0.121. The Bertz CT molecular complexity index is 918. The first-order chi connectivity index (χ1) is 13.2. The Morgan fingerprint density at radius 2 is 1.75 bits per heavy atom. The first-order valence-corrected chi connectivity index (χ1v) is 11.4. The molecular weight excluding hydrogens is 374 g/mol. The summed E-state index contributed by atoms with van der Waals surface area (Å²) in [6, 6.07) is 14.9. The molecule has 0 unspecified atom stereocenters. The largest absolute Gasteiger partial charge is 0.484 e. The Labute approximate surface area is 167 Å². The zero-order chi connectivity index (χ0) is 20.3. The average Bonchev–Trinajstić information content (AvgIpc) is 3.01. The van der Waals surface area contributed by atoms with Crippen molar-refractivity contribution in [2.45, 2.75) is 39.2 Å².